The zero-order chi connectivity index (χ0) is 27.7. The fraction of sp³-hybridized carbons (Fsp3) is 0.500. The highest BCUT2D eigenvalue weighted by Crippen LogP contribution is 2.35. The second kappa shape index (κ2) is 13.5. The van der Waals surface area contributed by atoms with Gasteiger partial charge in [-0.2, -0.15) is 0 Å². The third-order valence-electron chi connectivity index (χ3n) is 6.44. The molecule has 2 amide bonds. The van der Waals surface area contributed by atoms with E-state index in [0.717, 1.165) is 28.3 Å². The monoisotopic (exact) mass is 545 g/mol. The number of benzene rings is 2. The molecule has 9 nitrogen and oxygen atoms in total. The number of anilines is 1. The first-order valence-electron chi connectivity index (χ1n) is 13.2. The molecule has 0 saturated heterocycles. The van der Waals surface area contributed by atoms with Gasteiger partial charge in [-0.1, -0.05) is 50.1 Å². The van der Waals surface area contributed by atoms with Crippen LogP contribution in [0.5, 0.6) is 11.5 Å². The van der Waals surface area contributed by atoms with Crippen molar-refractivity contribution >= 4 is 27.5 Å². The van der Waals surface area contributed by atoms with Gasteiger partial charge < -0.3 is 19.7 Å². The molecular formula is C28H39N3O6S. The van der Waals surface area contributed by atoms with Crippen LogP contribution in [0.4, 0.5) is 5.69 Å². The Morgan fingerprint density at radius 1 is 1.03 bits per heavy atom. The van der Waals surface area contributed by atoms with Crippen LogP contribution in [0.1, 0.15) is 51.2 Å². The lowest BCUT2D eigenvalue weighted by atomic mass is 10.1. The van der Waals surface area contributed by atoms with E-state index in [1.807, 2.05) is 45.0 Å². The summed E-state index contributed by atoms with van der Waals surface area (Å²) in [6.07, 6.45) is 2.16. The minimum Gasteiger partial charge on any atom is -0.486 e. The topological polar surface area (TPSA) is 105 Å². The Labute approximate surface area is 226 Å². The highest BCUT2D eigenvalue weighted by Gasteiger charge is 2.32. The van der Waals surface area contributed by atoms with Crippen LogP contribution in [-0.2, 0) is 26.2 Å². The van der Waals surface area contributed by atoms with Gasteiger partial charge in [-0.3, -0.25) is 13.9 Å². The molecule has 0 aliphatic carbocycles. The molecule has 1 heterocycles. The summed E-state index contributed by atoms with van der Waals surface area (Å²) >= 11 is 0. The summed E-state index contributed by atoms with van der Waals surface area (Å²) in [6.45, 7) is 8.40. The van der Waals surface area contributed by atoms with Gasteiger partial charge in [0.1, 0.15) is 25.8 Å². The maximum atomic E-state index is 13.9. The summed E-state index contributed by atoms with van der Waals surface area (Å²) in [5.41, 5.74) is 2.20. The van der Waals surface area contributed by atoms with Crippen LogP contribution in [0.2, 0.25) is 0 Å². The lowest BCUT2D eigenvalue weighted by Crippen LogP contribution is -2.52. The highest BCUT2D eigenvalue weighted by molar-refractivity contribution is 7.92. The number of rotatable bonds is 13. The Bertz CT molecular complexity index is 1220. The van der Waals surface area contributed by atoms with Gasteiger partial charge >= 0.3 is 0 Å². The number of ether oxygens (including phenoxy) is 2. The second-order valence-electron chi connectivity index (χ2n) is 9.31. The standard InChI is InChI=1S/C28H39N3O6S/c1-5-8-14-29-28(33)24(6-2)30(19-22-11-9-10-21(4)17-22)27(32)20-31(38(34,35)7-3)23-12-13-25-26(18-23)37-16-15-36-25/h9-13,17-18,24H,5-8,14-16,19-20H2,1-4H3,(H,29,33)/t24-/m0/s1. The Kier molecular flexibility index (Phi) is 10.4. The number of hydrogen-bond donors (Lipinski definition) is 1. The predicted molar refractivity (Wildman–Crippen MR) is 148 cm³/mol. The highest BCUT2D eigenvalue weighted by atomic mass is 32.2. The first-order chi connectivity index (χ1) is 18.2. The molecule has 0 spiro atoms. The molecule has 1 atom stereocenters. The first-order valence-corrected chi connectivity index (χ1v) is 14.8. The van der Waals surface area contributed by atoms with Crippen molar-refractivity contribution in [2.24, 2.45) is 0 Å². The summed E-state index contributed by atoms with van der Waals surface area (Å²) in [6, 6.07) is 11.8. The molecule has 1 aliphatic heterocycles. The molecule has 38 heavy (non-hydrogen) atoms. The number of amides is 2. The van der Waals surface area contributed by atoms with Crippen molar-refractivity contribution in [1.29, 1.82) is 0 Å². The molecular weight excluding hydrogens is 506 g/mol. The zero-order valence-electron chi connectivity index (χ0n) is 22.7. The van der Waals surface area contributed by atoms with Crippen LogP contribution < -0.4 is 19.1 Å². The molecule has 0 aromatic heterocycles. The van der Waals surface area contributed by atoms with Crippen molar-refractivity contribution in [3.8, 4) is 11.5 Å². The normalized spacial score (nSPS) is 13.5. The summed E-state index contributed by atoms with van der Waals surface area (Å²) in [5, 5.41) is 2.93. The van der Waals surface area contributed by atoms with Crippen molar-refractivity contribution in [3.05, 3.63) is 53.6 Å². The summed E-state index contributed by atoms with van der Waals surface area (Å²) < 4.78 is 38.7. The number of carbonyl (C=O) groups excluding carboxylic acids is 2. The van der Waals surface area contributed by atoms with Crippen molar-refractivity contribution in [1.82, 2.24) is 10.2 Å². The van der Waals surface area contributed by atoms with Crippen LogP contribution in [0.25, 0.3) is 0 Å². The van der Waals surface area contributed by atoms with Crippen LogP contribution in [0, 0.1) is 6.92 Å². The average Bonchev–Trinajstić information content (AvgIpc) is 2.91. The first kappa shape index (κ1) is 29.3. The van der Waals surface area contributed by atoms with E-state index in [1.165, 1.54) is 11.8 Å². The maximum absolute atomic E-state index is 13.9. The van der Waals surface area contributed by atoms with Gasteiger partial charge in [0.25, 0.3) is 0 Å². The van der Waals surface area contributed by atoms with E-state index in [-0.39, 0.29) is 18.2 Å². The zero-order valence-corrected chi connectivity index (χ0v) is 23.6. The molecule has 0 fully saturated rings. The van der Waals surface area contributed by atoms with Crippen LogP contribution in [0.3, 0.4) is 0 Å². The molecule has 0 radical (unpaired) electrons. The van der Waals surface area contributed by atoms with Crippen molar-refractivity contribution in [2.45, 2.75) is 59.5 Å². The molecule has 0 saturated carbocycles. The number of hydrogen-bond acceptors (Lipinski definition) is 6. The van der Waals surface area contributed by atoms with E-state index >= 15 is 0 Å². The van der Waals surface area contributed by atoms with Crippen molar-refractivity contribution < 1.29 is 27.5 Å². The van der Waals surface area contributed by atoms with Crippen molar-refractivity contribution in [3.63, 3.8) is 0 Å². The number of sulfonamides is 1. The molecule has 3 rings (SSSR count). The lowest BCUT2D eigenvalue weighted by molar-refractivity contribution is -0.140. The second-order valence-corrected chi connectivity index (χ2v) is 11.5. The molecule has 208 valence electrons. The Morgan fingerprint density at radius 2 is 1.76 bits per heavy atom. The smallest absolute Gasteiger partial charge is 0.244 e. The van der Waals surface area contributed by atoms with Crippen LogP contribution in [-0.4, -0.2) is 63.2 Å². The van der Waals surface area contributed by atoms with E-state index in [2.05, 4.69) is 5.32 Å². The van der Waals surface area contributed by atoms with Gasteiger partial charge in [0, 0.05) is 19.2 Å². The fourth-order valence-corrected chi connectivity index (χ4v) is 5.39. The largest absolute Gasteiger partial charge is 0.486 e. The molecule has 2 aromatic carbocycles. The number of unbranched alkanes of at least 4 members (excludes halogenated alkanes) is 1. The number of aryl methyl sites for hydroxylation is 1. The minimum atomic E-state index is -3.83. The van der Waals surface area contributed by atoms with E-state index in [9.17, 15) is 18.0 Å². The van der Waals surface area contributed by atoms with Crippen molar-refractivity contribution in [2.75, 3.05) is 36.4 Å². The summed E-state index contributed by atoms with van der Waals surface area (Å²) in [7, 11) is -3.83. The van der Waals surface area contributed by atoms with Gasteiger partial charge in [0.15, 0.2) is 11.5 Å². The molecule has 0 bridgehead atoms. The van der Waals surface area contributed by atoms with E-state index in [1.54, 1.807) is 18.2 Å². The number of nitrogens with zero attached hydrogens (tertiary/aromatic N) is 2. The quantitative estimate of drug-likeness (QED) is 0.385. The molecule has 1 aliphatic rings. The number of carbonyl (C=O) groups is 2. The molecule has 2 aromatic rings. The van der Waals surface area contributed by atoms with Crippen LogP contribution in [0.15, 0.2) is 42.5 Å². The Hall–Kier alpha value is -3.27. The third-order valence-corrected chi connectivity index (χ3v) is 8.19. The maximum Gasteiger partial charge on any atom is 0.244 e. The minimum absolute atomic E-state index is 0.182. The lowest BCUT2D eigenvalue weighted by Gasteiger charge is -2.33. The van der Waals surface area contributed by atoms with Crippen LogP contribution >= 0.6 is 0 Å². The van der Waals surface area contributed by atoms with E-state index in [0.29, 0.717) is 43.4 Å². The van der Waals surface area contributed by atoms with E-state index < -0.39 is 28.5 Å². The van der Waals surface area contributed by atoms with Gasteiger partial charge in [0.05, 0.1) is 11.4 Å². The number of fused-ring (bicyclic) bond motifs is 1. The predicted octanol–water partition coefficient (Wildman–Crippen LogP) is 3.65. The molecule has 0 unspecified atom stereocenters. The van der Waals surface area contributed by atoms with Gasteiger partial charge in [-0.05, 0) is 44.4 Å². The van der Waals surface area contributed by atoms with Gasteiger partial charge in [0.2, 0.25) is 21.8 Å². The fourth-order valence-electron chi connectivity index (χ4n) is 4.34. The SMILES string of the molecule is CCCCNC(=O)[C@H](CC)N(Cc1cccc(C)c1)C(=O)CN(c1ccc2c(c1)OCCO2)S(=O)(=O)CC. The van der Waals surface area contributed by atoms with Gasteiger partial charge in [-0.15, -0.1) is 0 Å². The number of nitrogens with one attached hydrogen (secondary N) is 1. The Balaban J connectivity index is 1.95. The third kappa shape index (κ3) is 7.40. The molecule has 1 N–H and O–H groups in total. The Morgan fingerprint density at radius 3 is 2.42 bits per heavy atom. The van der Waals surface area contributed by atoms with Gasteiger partial charge in [-0.25, -0.2) is 8.42 Å². The summed E-state index contributed by atoms with van der Waals surface area (Å²) in [4.78, 5) is 28.5. The average molecular weight is 546 g/mol. The molecule has 10 heteroatoms. The summed E-state index contributed by atoms with van der Waals surface area (Å²) in [5.74, 6) is 0.0513. The van der Waals surface area contributed by atoms with E-state index in [4.69, 9.17) is 9.47 Å².